The van der Waals surface area contributed by atoms with Crippen molar-refractivity contribution >= 4 is 15.9 Å². The van der Waals surface area contributed by atoms with Gasteiger partial charge in [-0.3, -0.25) is 10.0 Å². The largest absolute Gasteiger partial charge is 0.489 e. The van der Waals surface area contributed by atoms with Crippen molar-refractivity contribution < 1.29 is 23.2 Å². The van der Waals surface area contributed by atoms with Gasteiger partial charge in [-0.15, -0.1) is 5.17 Å². The van der Waals surface area contributed by atoms with Crippen molar-refractivity contribution in [2.75, 3.05) is 0 Å². The third-order valence-electron chi connectivity index (χ3n) is 5.67. The molecule has 0 aliphatic carbocycles. The molecule has 37 heavy (non-hydrogen) atoms. The maximum atomic E-state index is 13.3. The summed E-state index contributed by atoms with van der Waals surface area (Å²) in [6, 6.07) is 28.7. The van der Waals surface area contributed by atoms with E-state index in [9.17, 15) is 18.4 Å². The second-order valence-corrected chi connectivity index (χ2v) is 10.4. The topological polar surface area (TPSA) is 95.9 Å². The van der Waals surface area contributed by atoms with Crippen LogP contribution in [0.4, 0.5) is 0 Å². The number of hydrazine groups is 1. The van der Waals surface area contributed by atoms with E-state index in [-0.39, 0.29) is 15.6 Å². The molecule has 2 N–H and O–H groups in total. The zero-order valence-corrected chi connectivity index (χ0v) is 21.4. The third-order valence-corrected chi connectivity index (χ3v) is 7.07. The number of amides is 1. The molecule has 4 rings (SSSR count). The number of ether oxygens (including phenoxy) is 1. The second-order valence-electron chi connectivity index (χ2n) is 8.79. The van der Waals surface area contributed by atoms with Crippen LogP contribution in [0.1, 0.15) is 38.2 Å². The summed E-state index contributed by atoms with van der Waals surface area (Å²) in [5.41, 5.74) is 4.12. The first-order chi connectivity index (χ1) is 17.7. The summed E-state index contributed by atoms with van der Waals surface area (Å²) < 4.78 is 32.5. The van der Waals surface area contributed by atoms with Crippen molar-refractivity contribution in [2.24, 2.45) is 0 Å². The standard InChI is InChI=1S/C29H28N2O5S/c1-21-15-22(2)17-26(16-21)29(32)31(33)30-37(34,35)28-14-13-27(36-20-24-11-7-4-8-12-24)19-25(28)18-23-9-5-3-6-10-23/h3-17,19,30,33H,18,20H2,1-2H3. The number of sulfonamides is 1. The minimum Gasteiger partial charge on any atom is -0.489 e. The first-order valence-corrected chi connectivity index (χ1v) is 13.2. The maximum absolute atomic E-state index is 13.3. The fraction of sp³-hybridized carbons (Fsp3) is 0.138. The highest BCUT2D eigenvalue weighted by molar-refractivity contribution is 7.89. The number of carbonyl (C=O) groups excluding carboxylic acids is 1. The monoisotopic (exact) mass is 516 g/mol. The smallest absolute Gasteiger partial charge is 0.293 e. The molecule has 0 bridgehead atoms. The Labute approximate surface area is 216 Å². The molecule has 0 aromatic heterocycles. The molecule has 7 nitrogen and oxygen atoms in total. The van der Waals surface area contributed by atoms with Crippen molar-refractivity contribution in [3.8, 4) is 5.75 Å². The van der Waals surface area contributed by atoms with Crippen LogP contribution in [0.3, 0.4) is 0 Å². The fourth-order valence-electron chi connectivity index (χ4n) is 4.03. The molecule has 190 valence electrons. The predicted octanol–water partition coefficient (Wildman–Crippen LogP) is 5.20. The first-order valence-electron chi connectivity index (χ1n) is 11.7. The number of benzene rings is 4. The van der Waals surface area contributed by atoms with E-state index in [1.54, 1.807) is 24.3 Å². The van der Waals surface area contributed by atoms with Crippen molar-refractivity contribution in [3.63, 3.8) is 0 Å². The molecule has 0 atom stereocenters. The van der Waals surface area contributed by atoms with Crippen LogP contribution in [0.2, 0.25) is 0 Å². The van der Waals surface area contributed by atoms with Crippen LogP contribution in [0.5, 0.6) is 5.75 Å². The van der Waals surface area contributed by atoms with Crippen molar-refractivity contribution in [3.05, 3.63) is 130 Å². The summed E-state index contributed by atoms with van der Waals surface area (Å²) in [5, 5.41) is 10.4. The molecule has 8 heteroatoms. The van der Waals surface area contributed by atoms with Crippen molar-refractivity contribution in [1.29, 1.82) is 0 Å². The van der Waals surface area contributed by atoms with Gasteiger partial charge in [0.15, 0.2) is 0 Å². The first kappa shape index (κ1) is 26.1. The summed E-state index contributed by atoms with van der Waals surface area (Å²) in [7, 11) is -4.32. The van der Waals surface area contributed by atoms with E-state index in [0.717, 1.165) is 22.3 Å². The molecule has 0 saturated heterocycles. The van der Waals surface area contributed by atoms with Gasteiger partial charge < -0.3 is 4.74 Å². The number of rotatable bonds is 9. The Hall–Kier alpha value is -3.98. The lowest BCUT2D eigenvalue weighted by atomic mass is 10.0. The van der Waals surface area contributed by atoms with Gasteiger partial charge in [-0.1, -0.05) is 82.7 Å². The van der Waals surface area contributed by atoms with Crippen molar-refractivity contribution in [2.45, 2.75) is 31.8 Å². The Morgan fingerprint density at radius 1 is 0.838 bits per heavy atom. The lowest BCUT2D eigenvalue weighted by molar-refractivity contribution is -0.0761. The molecule has 4 aromatic rings. The van der Waals surface area contributed by atoms with E-state index in [4.69, 9.17) is 4.74 Å². The lowest BCUT2D eigenvalue weighted by Gasteiger charge is -2.19. The van der Waals surface area contributed by atoms with Gasteiger partial charge in [-0.2, -0.15) is 0 Å². The number of nitrogens with one attached hydrogen (secondary N) is 1. The maximum Gasteiger partial charge on any atom is 0.293 e. The normalized spacial score (nSPS) is 11.2. The van der Waals surface area contributed by atoms with E-state index in [1.807, 2.05) is 85.4 Å². The van der Waals surface area contributed by atoms with E-state index >= 15 is 0 Å². The predicted molar refractivity (Wildman–Crippen MR) is 141 cm³/mol. The Bertz CT molecular complexity index is 1470. The molecule has 0 heterocycles. The summed E-state index contributed by atoms with van der Waals surface area (Å²) in [6.07, 6.45) is 0.302. The summed E-state index contributed by atoms with van der Waals surface area (Å²) in [4.78, 5) is 14.6. The van der Waals surface area contributed by atoms with Crippen LogP contribution in [0.25, 0.3) is 0 Å². The molecule has 4 aromatic carbocycles. The molecular weight excluding hydrogens is 488 g/mol. The van der Waals surface area contributed by atoms with Gasteiger partial charge in [0.25, 0.3) is 15.9 Å². The summed E-state index contributed by atoms with van der Waals surface area (Å²) >= 11 is 0. The lowest BCUT2D eigenvalue weighted by Crippen LogP contribution is -2.44. The van der Waals surface area contributed by atoms with E-state index in [1.165, 1.54) is 6.07 Å². The van der Waals surface area contributed by atoms with Gasteiger partial charge >= 0.3 is 0 Å². The second kappa shape index (κ2) is 11.4. The number of hydrogen-bond acceptors (Lipinski definition) is 5. The number of hydrogen-bond donors (Lipinski definition) is 2. The van der Waals surface area contributed by atoms with Gasteiger partial charge in [-0.25, -0.2) is 8.42 Å². The average molecular weight is 517 g/mol. The Morgan fingerprint density at radius 3 is 2.05 bits per heavy atom. The molecule has 0 saturated carbocycles. The summed E-state index contributed by atoms with van der Waals surface area (Å²) in [6.45, 7) is 3.95. The van der Waals surface area contributed by atoms with Crippen LogP contribution in [-0.4, -0.2) is 24.7 Å². The Kier molecular flexibility index (Phi) is 8.03. The van der Waals surface area contributed by atoms with Crippen LogP contribution >= 0.6 is 0 Å². The molecule has 0 aliphatic rings. The van der Waals surface area contributed by atoms with Gasteiger partial charge in [0.2, 0.25) is 0 Å². The molecule has 0 spiro atoms. The Balaban J connectivity index is 1.61. The highest BCUT2D eigenvalue weighted by Gasteiger charge is 2.25. The highest BCUT2D eigenvalue weighted by Crippen LogP contribution is 2.26. The van der Waals surface area contributed by atoms with Crippen LogP contribution < -0.4 is 9.57 Å². The van der Waals surface area contributed by atoms with Crippen LogP contribution in [0, 0.1) is 13.8 Å². The van der Waals surface area contributed by atoms with Gasteiger partial charge in [0.1, 0.15) is 12.4 Å². The van der Waals surface area contributed by atoms with Gasteiger partial charge in [0.05, 0.1) is 4.90 Å². The Morgan fingerprint density at radius 2 is 1.43 bits per heavy atom. The third kappa shape index (κ3) is 6.83. The van der Waals surface area contributed by atoms with E-state index in [0.29, 0.717) is 24.3 Å². The average Bonchev–Trinajstić information content (AvgIpc) is 2.87. The molecule has 0 fully saturated rings. The molecule has 0 aliphatic heterocycles. The van der Waals surface area contributed by atoms with Gasteiger partial charge in [0, 0.05) is 5.56 Å². The van der Waals surface area contributed by atoms with Crippen LogP contribution in [0.15, 0.2) is 102 Å². The zero-order chi connectivity index (χ0) is 26.4. The zero-order valence-electron chi connectivity index (χ0n) is 20.6. The number of nitrogens with zero attached hydrogens (tertiary/aromatic N) is 1. The molecule has 0 unspecified atom stereocenters. The number of aryl methyl sites for hydroxylation is 2. The quantitative estimate of drug-likeness (QED) is 0.236. The number of hydroxylamine groups is 1. The number of carbonyl (C=O) groups is 1. The molecular formula is C29H28N2O5S. The summed E-state index contributed by atoms with van der Waals surface area (Å²) in [5.74, 6) is -0.385. The highest BCUT2D eigenvalue weighted by atomic mass is 32.2. The minimum absolute atomic E-state index is 0.00958. The van der Waals surface area contributed by atoms with E-state index < -0.39 is 15.9 Å². The molecule has 0 radical (unpaired) electrons. The molecule has 1 amide bonds. The minimum atomic E-state index is -4.32. The van der Waals surface area contributed by atoms with E-state index in [2.05, 4.69) is 0 Å². The SMILES string of the molecule is Cc1cc(C)cc(C(=O)N(O)NS(=O)(=O)c2ccc(OCc3ccccc3)cc2Cc2ccccc2)c1. The van der Waals surface area contributed by atoms with Crippen molar-refractivity contribution in [1.82, 2.24) is 10.0 Å². The van der Waals surface area contributed by atoms with Gasteiger partial charge in [-0.05, 0) is 67.3 Å². The fourth-order valence-corrected chi connectivity index (χ4v) is 5.16. The van der Waals surface area contributed by atoms with Crippen LogP contribution in [-0.2, 0) is 23.1 Å².